The summed E-state index contributed by atoms with van der Waals surface area (Å²) in [6.45, 7) is 6.45. The third-order valence-corrected chi connectivity index (χ3v) is 9.48. The van der Waals surface area contributed by atoms with Crippen LogP contribution < -0.4 is 4.90 Å². The molecular weight excluding hydrogens is 390 g/mol. The lowest BCUT2D eigenvalue weighted by Gasteiger charge is -2.43. The van der Waals surface area contributed by atoms with E-state index in [2.05, 4.69) is 43.9 Å². The molecule has 2 aliphatic rings. The minimum absolute atomic E-state index is 0.255. The maximum absolute atomic E-state index is 13.4. The molecule has 2 heterocycles. The first-order valence-electron chi connectivity index (χ1n) is 9.97. The monoisotopic (exact) mass is 417 g/mol. The summed E-state index contributed by atoms with van der Waals surface area (Å²) in [5.74, 6) is 0.984. The number of carbonyl (C=O) groups is 1. The maximum Gasteiger partial charge on any atom is 0.227 e. The van der Waals surface area contributed by atoms with Crippen LogP contribution in [0, 0.1) is 16.7 Å². The van der Waals surface area contributed by atoms with E-state index in [4.69, 9.17) is 12.2 Å². The molecule has 27 heavy (non-hydrogen) atoms. The van der Waals surface area contributed by atoms with Crippen molar-refractivity contribution in [1.29, 1.82) is 0 Å². The number of aryl methyl sites for hydroxylation is 1. The van der Waals surface area contributed by atoms with Crippen LogP contribution in [-0.4, -0.2) is 5.91 Å². The van der Waals surface area contributed by atoms with Crippen molar-refractivity contribution in [3.63, 3.8) is 0 Å². The van der Waals surface area contributed by atoms with Gasteiger partial charge < -0.3 is 4.90 Å². The molecule has 1 saturated carbocycles. The lowest BCUT2D eigenvalue weighted by atomic mass is 9.84. The van der Waals surface area contributed by atoms with Gasteiger partial charge in [0.1, 0.15) is 3.82 Å². The number of hydrogen-bond acceptors (Lipinski definition) is 4. The summed E-state index contributed by atoms with van der Waals surface area (Å²) in [5.41, 5.74) is 4.21. The summed E-state index contributed by atoms with van der Waals surface area (Å²) in [4.78, 5) is 16.7. The van der Waals surface area contributed by atoms with Gasteiger partial charge in [-0.05, 0) is 45.2 Å². The van der Waals surface area contributed by atoms with Crippen LogP contribution in [0.3, 0.4) is 0 Å². The molecule has 4 rings (SSSR count). The average Bonchev–Trinajstić information content (AvgIpc) is 3.04. The molecule has 2 aromatic rings. The van der Waals surface area contributed by atoms with Crippen molar-refractivity contribution in [2.24, 2.45) is 5.92 Å². The highest BCUT2D eigenvalue weighted by Gasteiger charge is 2.42. The number of benzene rings is 1. The number of carbonyl (C=O) groups excluding carboxylic acids is 1. The van der Waals surface area contributed by atoms with Gasteiger partial charge in [-0.25, -0.2) is 0 Å². The van der Waals surface area contributed by atoms with Gasteiger partial charge in [-0.2, -0.15) is 0 Å². The summed E-state index contributed by atoms with van der Waals surface area (Å²) >= 11 is 5.66. The van der Waals surface area contributed by atoms with E-state index in [0.29, 0.717) is 6.42 Å². The van der Waals surface area contributed by atoms with Crippen molar-refractivity contribution in [3.8, 4) is 11.1 Å². The van der Waals surface area contributed by atoms with Gasteiger partial charge in [-0.1, -0.05) is 76.6 Å². The predicted octanol–water partition coefficient (Wildman–Crippen LogP) is 7.46. The van der Waals surface area contributed by atoms with E-state index in [9.17, 15) is 4.79 Å². The molecule has 1 aliphatic heterocycles. The fourth-order valence-electron chi connectivity index (χ4n) is 4.70. The molecule has 0 spiro atoms. The second-order valence-electron chi connectivity index (χ2n) is 8.51. The molecule has 5 heteroatoms. The van der Waals surface area contributed by atoms with E-state index < -0.39 is 0 Å². The number of anilines is 1. The standard InChI is InChI=1S/C22H27NOS3/c1-14-9-11-17-16(13-14)19-20(26-27-21(19)25)22(2,3)23(17)18(24)12-10-15-7-5-4-6-8-15/h9,11,13,15H,4-8,10,12H2,1-3H3. The van der Waals surface area contributed by atoms with Crippen LogP contribution in [0.5, 0.6) is 0 Å². The van der Waals surface area contributed by atoms with E-state index in [1.54, 1.807) is 20.7 Å². The first kappa shape index (κ1) is 19.3. The van der Waals surface area contributed by atoms with E-state index in [1.807, 2.05) is 0 Å². The number of nitrogens with zero attached hydrogens (tertiary/aromatic N) is 1. The van der Waals surface area contributed by atoms with E-state index in [1.165, 1.54) is 48.1 Å². The molecular formula is C22H27NOS3. The van der Waals surface area contributed by atoms with E-state index in [-0.39, 0.29) is 11.4 Å². The third kappa shape index (κ3) is 3.43. The van der Waals surface area contributed by atoms with Gasteiger partial charge in [0.25, 0.3) is 0 Å². The van der Waals surface area contributed by atoms with Crippen LogP contribution >= 0.6 is 32.9 Å². The van der Waals surface area contributed by atoms with Crippen LogP contribution in [0.1, 0.15) is 69.2 Å². The first-order chi connectivity index (χ1) is 12.9. The van der Waals surface area contributed by atoms with Gasteiger partial charge in [0.05, 0.1) is 16.1 Å². The zero-order valence-electron chi connectivity index (χ0n) is 16.3. The molecule has 1 aromatic carbocycles. The summed E-state index contributed by atoms with van der Waals surface area (Å²) in [6, 6.07) is 6.42. The van der Waals surface area contributed by atoms with Crippen LogP contribution in [0.2, 0.25) is 0 Å². The number of fused-ring (bicyclic) bond motifs is 3. The van der Waals surface area contributed by atoms with Gasteiger partial charge in [0.15, 0.2) is 0 Å². The van der Waals surface area contributed by atoms with Crippen LogP contribution in [-0.2, 0) is 10.3 Å². The zero-order valence-corrected chi connectivity index (χ0v) is 18.8. The molecule has 0 bridgehead atoms. The Morgan fingerprint density at radius 2 is 1.96 bits per heavy atom. The molecule has 1 fully saturated rings. The Morgan fingerprint density at radius 3 is 2.70 bits per heavy atom. The fourth-order valence-corrected chi connectivity index (χ4v) is 7.99. The van der Waals surface area contributed by atoms with Crippen molar-refractivity contribution in [2.45, 2.75) is 71.3 Å². The summed E-state index contributed by atoms with van der Waals surface area (Å²) in [6.07, 6.45) is 8.29. The van der Waals surface area contributed by atoms with E-state index >= 15 is 0 Å². The fraction of sp³-hybridized carbons (Fsp3) is 0.545. The molecule has 0 saturated heterocycles. The topological polar surface area (TPSA) is 20.3 Å². The van der Waals surface area contributed by atoms with Gasteiger partial charge in [0.2, 0.25) is 5.91 Å². The lowest BCUT2D eigenvalue weighted by Crippen LogP contribution is -2.47. The highest BCUT2D eigenvalue weighted by molar-refractivity contribution is 7.80. The average molecular weight is 418 g/mol. The van der Waals surface area contributed by atoms with Gasteiger partial charge in [0, 0.05) is 17.5 Å². The van der Waals surface area contributed by atoms with Crippen LogP contribution in [0.15, 0.2) is 18.2 Å². The Balaban J connectivity index is 1.70. The van der Waals surface area contributed by atoms with Crippen LogP contribution in [0.25, 0.3) is 11.1 Å². The molecule has 1 aromatic heterocycles. The second-order valence-corrected chi connectivity index (χ2v) is 11.3. The third-order valence-electron chi connectivity index (χ3n) is 6.15. The molecule has 144 valence electrons. The Kier molecular flexibility index (Phi) is 5.30. The molecule has 0 radical (unpaired) electrons. The first-order valence-corrected chi connectivity index (χ1v) is 12.5. The van der Waals surface area contributed by atoms with Gasteiger partial charge in [-0.3, -0.25) is 4.79 Å². The normalized spacial score (nSPS) is 18.9. The minimum Gasteiger partial charge on any atom is -0.301 e. The second kappa shape index (κ2) is 7.41. The molecule has 0 atom stereocenters. The summed E-state index contributed by atoms with van der Waals surface area (Å²) in [5, 5.41) is 0. The molecule has 2 nitrogen and oxygen atoms in total. The molecule has 1 amide bonds. The molecule has 1 aliphatic carbocycles. The largest absolute Gasteiger partial charge is 0.301 e. The highest BCUT2D eigenvalue weighted by atomic mass is 32.9. The maximum atomic E-state index is 13.4. The van der Waals surface area contributed by atoms with Gasteiger partial charge in [-0.15, -0.1) is 0 Å². The number of amides is 1. The highest BCUT2D eigenvalue weighted by Crippen LogP contribution is 2.52. The number of hydrogen-bond donors (Lipinski definition) is 0. The lowest BCUT2D eigenvalue weighted by molar-refractivity contribution is -0.120. The van der Waals surface area contributed by atoms with Crippen molar-refractivity contribution in [3.05, 3.63) is 32.5 Å². The smallest absolute Gasteiger partial charge is 0.227 e. The molecule has 0 unspecified atom stereocenters. The van der Waals surface area contributed by atoms with Crippen molar-refractivity contribution < 1.29 is 4.79 Å². The SMILES string of the molecule is Cc1ccc2c(c1)-c1c(ssc1=S)C(C)(C)N2C(=O)CCC1CCCCC1. The quantitative estimate of drug-likeness (QED) is 0.381. The molecule has 0 N–H and O–H groups in total. The Bertz CT molecular complexity index is 918. The van der Waals surface area contributed by atoms with Crippen molar-refractivity contribution >= 4 is 44.5 Å². The van der Waals surface area contributed by atoms with Gasteiger partial charge >= 0.3 is 0 Å². The Hall–Kier alpha value is -1.04. The Labute approximate surface area is 174 Å². The number of rotatable bonds is 3. The summed E-state index contributed by atoms with van der Waals surface area (Å²) < 4.78 is 0.948. The Morgan fingerprint density at radius 1 is 1.22 bits per heavy atom. The van der Waals surface area contributed by atoms with Crippen molar-refractivity contribution in [2.75, 3.05) is 4.90 Å². The zero-order chi connectivity index (χ0) is 19.2. The van der Waals surface area contributed by atoms with E-state index in [0.717, 1.165) is 27.4 Å². The summed E-state index contributed by atoms with van der Waals surface area (Å²) in [7, 11) is 3.40. The predicted molar refractivity (Wildman–Crippen MR) is 120 cm³/mol. The van der Waals surface area contributed by atoms with Crippen molar-refractivity contribution in [1.82, 2.24) is 0 Å². The van der Waals surface area contributed by atoms with Crippen LogP contribution in [0.4, 0.5) is 5.69 Å². The minimum atomic E-state index is -0.348.